The zero-order chi connectivity index (χ0) is 28.8. The predicted octanol–water partition coefficient (Wildman–Crippen LogP) is 7.99. The Kier molecular flexibility index (Phi) is 6.87. The number of halogens is 1. The van der Waals surface area contributed by atoms with Crippen LogP contribution in [0, 0.1) is 6.92 Å². The van der Waals surface area contributed by atoms with Crippen LogP contribution >= 0.6 is 11.6 Å². The van der Waals surface area contributed by atoms with Gasteiger partial charge in [0.15, 0.2) is 0 Å². The zero-order valence-electron chi connectivity index (χ0n) is 23.4. The van der Waals surface area contributed by atoms with E-state index in [2.05, 4.69) is 84.6 Å². The Morgan fingerprint density at radius 2 is 1.31 bits per heavy atom. The van der Waals surface area contributed by atoms with Crippen molar-refractivity contribution in [1.82, 2.24) is 4.98 Å². The molecular formula is C36H27ClN2O2Se. The van der Waals surface area contributed by atoms with Crippen molar-refractivity contribution in [1.29, 1.82) is 0 Å². The number of pyridine rings is 1. The molecule has 6 heteroatoms. The van der Waals surface area contributed by atoms with Gasteiger partial charge in [-0.05, 0) is 0 Å². The van der Waals surface area contributed by atoms with Crippen molar-refractivity contribution < 1.29 is 9.47 Å². The van der Waals surface area contributed by atoms with Crippen LogP contribution in [0.15, 0.2) is 109 Å². The predicted molar refractivity (Wildman–Crippen MR) is 175 cm³/mol. The zero-order valence-corrected chi connectivity index (χ0v) is 25.9. The van der Waals surface area contributed by atoms with Gasteiger partial charge in [0.2, 0.25) is 0 Å². The van der Waals surface area contributed by atoms with Crippen LogP contribution in [-0.4, -0.2) is 34.2 Å². The number of hydrogen-bond donors (Lipinski definition) is 0. The van der Waals surface area contributed by atoms with Gasteiger partial charge in [-0.2, -0.15) is 0 Å². The number of methoxy groups -OCH3 is 2. The third-order valence-electron chi connectivity index (χ3n) is 7.66. The van der Waals surface area contributed by atoms with Crippen molar-refractivity contribution >= 4 is 63.4 Å². The minimum atomic E-state index is 0.219. The molecule has 0 bridgehead atoms. The van der Waals surface area contributed by atoms with Gasteiger partial charge in [-0.25, -0.2) is 0 Å². The van der Waals surface area contributed by atoms with Crippen LogP contribution in [0.1, 0.15) is 5.56 Å². The Labute approximate surface area is 256 Å². The van der Waals surface area contributed by atoms with E-state index in [4.69, 9.17) is 26.1 Å². The molecule has 4 nitrogen and oxygen atoms in total. The van der Waals surface area contributed by atoms with Gasteiger partial charge < -0.3 is 0 Å². The van der Waals surface area contributed by atoms with Crippen molar-refractivity contribution in [2.75, 3.05) is 19.1 Å². The molecule has 206 valence electrons. The SMILES string of the molecule is COc1ccc(-c2cc(-c3ccc(Cl)cc3)nc3c(N4c5ccccc5[Se]c5ccccc54)ccc(C)c23)cc1OC. The van der Waals surface area contributed by atoms with Gasteiger partial charge in [0, 0.05) is 0 Å². The monoisotopic (exact) mass is 634 g/mol. The van der Waals surface area contributed by atoms with Gasteiger partial charge >= 0.3 is 251 Å². The van der Waals surface area contributed by atoms with E-state index < -0.39 is 0 Å². The van der Waals surface area contributed by atoms with Crippen molar-refractivity contribution in [2.24, 2.45) is 0 Å². The number of para-hydroxylation sites is 2. The first kappa shape index (κ1) is 26.6. The summed E-state index contributed by atoms with van der Waals surface area (Å²) in [6.45, 7) is 2.15. The summed E-state index contributed by atoms with van der Waals surface area (Å²) in [5.41, 5.74) is 9.51. The molecule has 0 unspecified atom stereocenters. The number of anilines is 3. The van der Waals surface area contributed by atoms with Crippen molar-refractivity contribution in [2.45, 2.75) is 6.92 Å². The summed E-state index contributed by atoms with van der Waals surface area (Å²) >= 11 is 6.49. The third kappa shape index (κ3) is 4.51. The molecule has 1 aromatic heterocycles. The summed E-state index contributed by atoms with van der Waals surface area (Å²) in [5, 5.41) is 1.79. The normalized spacial score (nSPS) is 12.1. The van der Waals surface area contributed by atoms with Gasteiger partial charge in [0.05, 0.1) is 7.11 Å². The second kappa shape index (κ2) is 10.8. The summed E-state index contributed by atoms with van der Waals surface area (Å²) in [6, 6.07) is 38.0. The first-order valence-electron chi connectivity index (χ1n) is 13.6. The molecule has 0 saturated heterocycles. The number of benzene rings is 5. The van der Waals surface area contributed by atoms with Crippen LogP contribution in [0.25, 0.3) is 33.3 Å². The van der Waals surface area contributed by atoms with Gasteiger partial charge in [0.1, 0.15) is 0 Å². The molecule has 0 saturated carbocycles. The molecule has 42 heavy (non-hydrogen) atoms. The maximum absolute atomic E-state index is 6.28. The summed E-state index contributed by atoms with van der Waals surface area (Å²) in [6.07, 6.45) is 0. The Hall–Kier alpha value is -4.28. The van der Waals surface area contributed by atoms with E-state index in [0.717, 1.165) is 44.5 Å². The van der Waals surface area contributed by atoms with Crippen LogP contribution in [0.5, 0.6) is 11.5 Å². The van der Waals surface area contributed by atoms with Crippen LogP contribution in [0.2, 0.25) is 5.02 Å². The van der Waals surface area contributed by atoms with Crippen LogP contribution < -0.4 is 23.3 Å². The Balaban J connectivity index is 1.57. The van der Waals surface area contributed by atoms with Crippen molar-refractivity contribution in [3.63, 3.8) is 0 Å². The molecular weight excluding hydrogens is 607 g/mol. The summed E-state index contributed by atoms with van der Waals surface area (Å²) in [5.74, 6) is 1.38. The van der Waals surface area contributed by atoms with Gasteiger partial charge in [-0.15, -0.1) is 0 Å². The number of hydrogen-bond acceptors (Lipinski definition) is 4. The Morgan fingerprint density at radius 3 is 1.98 bits per heavy atom. The fourth-order valence-corrected chi connectivity index (χ4v) is 7.99. The maximum atomic E-state index is 6.28. The van der Waals surface area contributed by atoms with Crippen LogP contribution in [0.4, 0.5) is 17.1 Å². The average molecular weight is 634 g/mol. The number of nitrogens with zero attached hydrogens (tertiary/aromatic N) is 2. The topological polar surface area (TPSA) is 34.6 Å². The number of aromatic nitrogens is 1. The molecule has 1 aliphatic rings. The summed E-state index contributed by atoms with van der Waals surface area (Å²) < 4.78 is 14.0. The molecule has 0 radical (unpaired) electrons. The van der Waals surface area contributed by atoms with Crippen molar-refractivity contribution in [3.05, 3.63) is 120 Å². The van der Waals surface area contributed by atoms with Crippen LogP contribution in [-0.2, 0) is 0 Å². The summed E-state index contributed by atoms with van der Waals surface area (Å²) in [7, 11) is 3.32. The van der Waals surface area contributed by atoms with Gasteiger partial charge in [-0.3, -0.25) is 0 Å². The van der Waals surface area contributed by atoms with E-state index in [-0.39, 0.29) is 15.0 Å². The second-order valence-corrected chi connectivity index (χ2v) is 12.8. The molecule has 2 heterocycles. The average Bonchev–Trinajstić information content (AvgIpc) is 3.03. The second-order valence-electron chi connectivity index (χ2n) is 10.1. The first-order valence-corrected chi connectivity index (χ1v) is 15.7. The van der Waals surface area contributed by atoms with Crippen LogP contribution in [0.3, 0.4) is 0 Å². The molecule has 5 aromatic carbocycles. The Morgan fingerprint density at radius 1 is 0.667 bits per heavy atom. The molecule has 0 aliphatic carbocycles. The van der Waals surface area contributed by atoms with E-state index in [1.807, 2.05) is 36.4 Å². The van der Waals surface area contributed by atoms with Gasteiger partial charge in [0.25, 0.3) is 0 Å². The molecule has 0 amide bonds. The first-order chi connectivity index (χ1) is 20.6. The standard InChI is InChI=1S/C36H27ClN2O2Se/c1-22-12-18-30(39-28-8-4-6-10-33(28)42-34-11-7-5-9-29(34)39)36-35(22)26(24-15-19-31(40-2)32(20-24)41-3)21-27(38-36)23-13-16-25(37)17-14-23/h4-21H,1-3H3. The van der Waals surface area contributed by atoms with Crippen molar-refractivity contribution in [3.8, 4) is 33.9 Å². The minimum absolute atomic E-state index is 0.219. The fraction of sp³-hybridized carbons (Fsp3) is 0.0833. The molecule has 7 rings (SSSR count). The summed E-state index contributed by atoms with van der Waals surface area (Å²) in [4.78, 5) is 7.77. The molecule has 1 aliphatic heterocycles. The number of aryl methyl sites for hydroxylation is 1. The third-order valence-corrected chi connectivity index (χ3v) is 10.3. The Bertz CT molecular complexity index is 1930. The van der Waals surface area contributed by atoms with E-state index in [1.54, 1.807) is 14.2 Å². The van der Waals surface area contributed by atoms with E-state index >= 15 is 0 Å². The number of rotatable bonds is 5. The molecule has 0 atom stereocenters. The molecule has 0 N–H and O–H groups in total. The van der Waals surface area contributed by atoms with E-state index in [0.29, 0.717) is 16.5 Å². The fourth-order valence-electron chi connectivity index (χ4n) is 5.64. The van der Waals surface area contributed by atoms with E-state index in [9.17, 15) is 0 Å². The molecule has 0 spiro atoms. The number of ether oxygens (including phenoxy) is 2. The number of fused-ring (bicyclic) bond motifs is 3. The molecule has 6 aromatic rings. The molecule has 0 fully saturated rings. The quantitative estimate of drug-likeness (QED) is 0.180. The van der Waals surface area contributed by atoms with Gasteiger partial charge in [-0.1, -0.05) is 0 Å². The van der Waals surface area contributed by atoms with E-state index in [1.165, 1.54) is 20.3 Å².